The number of aryl methyl sites for hydroxylation is 2. The molecule has 0 saturated carbocycles. The highest BCUT2D eigenvalue weighted by Crippen LogP contribution is 2.27. The molecule has 1 aromatic heterocycles. The number of nitrogens with one attached hydrogen (secondary N) is 1. The number of halogens is 1. The fraction of sp³-hybridized carbons (Fsp3) is 0.250. The standard InChI is InChI=1S/C16H15ClN2O6/c1-8-9(2)25-10(3)15(8)16(21)24-7-14(20)18-12-5-4-11(17)6-13(12)19(22)23/h4-6H,7H2,1-3H3,(H,18,20). The Morgan fingerprint density at radius 1 is 1.28 bits per heavy atom. The number of nitrogens with zero attached hydrogens (tertiary/aromatic N) is 1. The number of benzene rings is 1. The van der Waals surface area contributed by atoms with Crippen LogP contribution in [0, 0.1) is 30.9 Å². The Morgan fingerprint density at radius 2 is 1.96 bits per heavy atom. The molecule has 2 rings (SSSR count). The summed E-state index contributed by atoms with van der Waals surface area (Å²) in [5.41, 5.74) is 0.505. The summed E-state index contributed by atoms with van der Waals surface area (Å²) in [7, 11) is 0. The molecule has 1 amide bonds. The third kappa shape index (κ3) is 4.16. The van der Waals surface area contributed by atoms with Crippen molar-refractivity contribution in [2.24, 2.45) is 0 Å². The maximum absolute atomic E-state index is 12.1. The van der Waals surface area contributed by atoms with Crippen LogP contribution >= 0.6 is 11.6 Å². The monoisotopic (exact) mass is 366 g/mol. The number of ether oxygens (including phenoxy) is 1. The Bertz CT molecular complexity index is 859. The van der Waals surface area contributed by atoms with Gasteiger partial charge in [-0.15, -0.1) is 0 Å². The lowest BCUT2D eigenvalue weighted by atomic mass is 10.1. The van der Waals surface area contributed by atoms with Crippen molar-refractivity contribution in [2.45, 2.75) is 20.8 Å². The molecule has 0 aliphatic heterocycles. The third-order valence-corrected chi connectivity index (χ3v) is 3.77. The summed E-state index contributed by atoms with van der Waals surface area (Å²) < 4.78 is 10.3. The predicted molar refractivity (Wildman–Crippen MR) is 89.9 cm³/mol. The van der Waals surface area contributed by atoms with Crippen LogP contribution in [-0.4, -0.2) is 23.4 Å². The number of hydrogen-bond donors (Lipinski definition) is 1. The second kappa shape index (κ2) is 7.35. The van der Waals surface area contributed by atoms with Crippen LogP contribution in [0.1, 0.15) is 27.4 Å². The molecule has 2 aromatic rings. The van der Waals surface area contributed by atoms with Crippen molar-refractivity contribution in [3.05, 3.63) is 56.0 Å². The zero-order valence-electron chi connectivity index (χ0n) is 13.7. The summed E-state index contributed by atoms with van der Waals surface area (Å²) in [5, 5.41) is 13.5. The molecule has 0 fully saturated rings. The molecule has 1 aromatic carbocycles. The molecular formula is C16H15ClN2O6. The average Bonchev–Trinajstić information content (AvgIpc) is 2.79. The number of amides is 1. The first-order valence-electron chi connectivity index (χ1n) is 7.18. The largest absolute Gasteiger partial charge is 0.465 e. The first-order chi connectivity index (χ1) is 11.7. The van der Waals surface area contributed by atoms with Crippen LogP contribution in [0.2, 0.25) is 5.02 Å². The number of nitro groups is 1. The molecule has 132 valence electrons. The van der Waals surface area contributed by atoms with E-state index in [0.29, 0.717) is 17.1 Å². The molecule has 0 saturated heterocycles. The van der Waals surface area contributed by atoms with Crippen LogP contribution in [0.15, 0.2) is 22.6 Å². The van der Waals surface area contributed by atoms with Gasteiger partial charge in [-0.05, 0) is 32.9 Å². The molecule has 1 heterocycles. The van der Waals surface area contributed by atoms with Gasteiger partial charge in [0.15, 0.2) is 6.61 Å². The number of rotatable bonds is 5. The first-order valence-corrected chi connectivity index (χ1v) is 7.56. The van der Waals surface area contributed by atoms with Crippen LogP contribution in [-0.2, 0) is 9.53 Å². The van der Waals surface area contributed by atoms with Crippen molar-refractivity contribution in [1.82, 2.24) is 0 Å². The van der Waals surface area contributed by atoms with Crippen molar-refractivity contribution in [3.8, 4) is 0 Å². The van der Waals surface area contributed by atoms with Crippen molar-refractivity contribution < 1.29 is 23.7 Å². The normalized spacial score (nSPS) is 10.4. The van der Waals surface area contributed by atoms with E-state index < -0.39 is 23.4 Å². The van der Waals surface area contributed by atoms with Gasteiger partial charge in [0.05, 0.1) is 4.92 Å². The summed E-state index contributed by atoms with van der Waals surface area (Å²) in [6.07, 6.45) is 0. The van der Waals surface area contributed by atoms with Crippen LogP contribution in [0.25, 0.3) is 0 Å². The summed E-state index contributed by atoms with van der Waals surface area (Å²) in [6.45, 7) is 4.44. The lowest BCUT2D eigenvalue weighted by molar-refractivity contribution is -0.383. The van der Waals surface area contributed by atoms with Gasteiger partial charge in [0.1, 0.15) is 22.8 Å². The fourth-order valence-electron chi connectivity index (χ4n) is 2.25. The SMILES string of the molecule is Cc1oc(C)c(C(=O)OCC(=O)Nc2ccc(Cl)cc2[N+](=O)[O-])c1C. The number of nitro benzene ring substituents is 1. The first kappa shape index (κ1) is 18.5. The van der Waals surface area contributed by atoms with Gasteiger partial charge in [-0.25, -0.2) is 4.79 Å². The molecule has 0 aliphatic carbocycles. The Labute approximate surface area is 147 Å². The van der Waals surface area contributed by atoms with Gasteiger partial charge in [-0.3, -0.25) is 14.9 Å². The molecular weight excluding hydrogens is 352 g/mol. The molecule has 0 bridgehead atoms. The van der Waals surface area contributed by atoms with E-state index in [1.807, 2.05) is 0 Å². The molecule has 0 atom stereocenters. The number of anilines is 1. The highest BCUT2D eigenvalue weighted by molar-refractivity contribution is 6.31. The number of carbonyl (C=O) groups excluding carboxylic acids is 2. The summed E-state index contributed by atoms with van der Waals surface area (Å²) in [6, 6.07) is 3.81. The van der Waals surface area contributed by atoms with Gasteiger partial charge in [0.2, 0.25) is 0 Å². The number of esters is 1. The molecule has 8 nitrogen and oxygen atoms in total. The maximum Gasteiger partial charge on any atom is 0.342 e. The van der Waals surface area contributed by atoms with Crippen LogP contribution in [0.5, 0.6) is 0 Å². The lowest BCUT2D eigenvalue weighted by Crippen LogP contribution is -2.21. The Hall–Kier alpha value is -2.87. The van der Waals surface area contributed by atoms with E-state index in [0.717, 1.165) is 6.07 Å². The third-order valence-electron chi connectivity index (χ3n) is 3.53. The van der Waals surface area contributed by atoms with E-state index in [4.69, 9.17) is 20.8 Å². The smallest absolute Gasteiger partial charge is 0.342 e. The number of carbonyl (C=O) groups is 2. The van der Waals surface area contributed by atoms with Crippen LogP contribution < -0.4 is 5.32 Å². The van der Waals surface area contributed by atoms with Gasteiger partial charge >= 0.3 is 5.97 Å². The van der Waals surface area contributed by atoms with Gasteiger partial charge in [-0.1, -0.05) is 11.6 Å². The molecule has 1 N–H and O–H groups in total. The van der Waals surface area contributed by atoms with Crippen molar-refractivity contribution in [2.75, 3.05) is 11.9 Å². The Morgan fingerprint density at radius 3 is 2.52 bits per heavy atom. The predicted octanol–water partition coefficient (Wildman–Crippen LogP) is 3.56. The number of furan rings is 1. The lowest BCUT2D eigenvalue weighted by Gasteiger charge is -2.07. The van der Waals surface area contributed by atoms with E-state index in [9.17, 15) is 19.7 Å². The quantitative estimate of drug-likeness (QED) is 0.492. The molecule has 9 heteroatoms. The highest BCUT2D eigenvalue weighted by atomic mass is 35.5. The maximum atomic E-state index is 12.1. The molecule has 0 radical (unpaired) electrons. The zero-order valence-corrected chi connectivity index (χ0v) is 14.5. The van der Waals surface area contributed by atoms with E-state index >= 15 is 0 Å². The van der Waals surface area contributed by atoms with Crippen LogP contribution in [0.4, 0.5) is 11.4 Å². The van der Waals surface area contributed by atoms with Gasteiger partial charge in [-0.2, -0.15) is 0 Å². The van der Waals surface area contributed by atoms with Gasteiger partial charge < -0.3 is 14.5 Å². The minimum atomic E-state index is -0.714. The van der Waals surface area contributed by atoms with Crippen molar-refractivity contribution in [3.63, 3.8) is 0 Å². The molecule has 0 unspecified atom stereocenters. The molecule has 25 heavy (non-hydrogen) atoms. The summed E-state index contributed by atoms with van der Waals surface area (Å²) >= 11 is 5.70. The number of hydrogen-bond acceptors (Lipinski definition) is 6. The van der Waals surface area contributed by atoms with Crippen LogP contribution in [0.3, 0.4) is 0 Å². The summed E-state index contributed by atoms with van der Waals surface area (Å²) in [4.78, 5) is 34.3. The van der Waals surface area contributed by atoms with E-state index in [1.54, 1.807) is 20.8 Å². The van der Waals surface area contributed by atoms with E-state index in [2.05, 4.69) is 5.32 Å². The zero-order chi connectivity index (χ0) is 18.7. The minimum absolute atomic E-state index is 0.0398. The minimum Gasteiger partial charge on any atom is -0.465 e. The van der Waals surface area contributed by atoms with Crippen molar-refractivity contribution in [1.29, 1.82) is 0 Å². The molecule has 0 spiro atoms. The van der Waals surface area contributed by atoms with Gasteiger partial charge in [0.25, 0.3) is 11.6 Å². The van der Waals surface area contributed by atoms with Gasteiger partial charge in [0, 0.05) is 16.7 Å². The average molecular weight is 367 g/mol. The summed E-state index contributed by atoms with van der Waals surface area (Å²) in [5.74, 6) is -0.429. The Kier molecular flexibility index (Phi) is 5.43. The van der Waals surface area contributed by atoms with E-state index in [1.165, 1.54) is 12.1 Å². The second-order valence-corrected chi connectivity index (χ2v) is 5.69. The molecule has 0 aliphatic rings. The second-order valence-electron chi connectivity index (χ2n) is 5.26. The topological polar surface area (TPSA) is 112 Å². The van der Waals surface area contributed by atoms with E-state index in [-0.39, 0.29) is 22.0 Å². The Balaban J connectivity index is 2.04. The fourth-order valence-corrected chi connectivity index (χ4v) is 2.41. The van der Waals surface area contributed by atoms with Crippen molar-refractivity contribution >= 4 is 34.9 Å². The highest BCUT2D eigenvalue weighted by Gasteiger charge is 2.22.